The van der Waals surface area contributed by atoms with E-state index in [4.69, 9.17) is 9.47 Å². The number of ketones is 1. The molecule has 0 amide bonds. The van der Waals surface area contributed by atoms with Crippen LogP contribution in [0, 0.1) is 0 Å². The molecule has 0 unspecified atom stereocenters. The predicted octanol–water partition coefficient (Wildman–Crippen LogP) is 3.84. The van der Waals surface area contributed by atoms with Crippen LogP contribution in [-0.2, 0) is 0 Å². The molecule has 0 spiro atoms. The summed E-state index contributed by atoms with van der Waals surface area (Å²) >= 11 is 0. The van der Waals surface area contributed by atoms with E-state index in [0.29, 0.717) is 43.1 Å². The maximum atomic E-state index is 12.3. The minimum atomic E-state index is 0.0434. The van der Waals surface area contributed by atoms with Gasteiger partial charge in [-0.25, -0.2) is 0 Å². The van der Waals surface area contributed by atoms with E-state index in [1.807, 2.05) is 0 Å². The van der Waals surface area contributed by atoms with Crippen molar-refractivity contribution in [3.8, 4) is 17.2 Å². The van der Waals surface area contributed by atoms with Crippen LogP contribution in [0.1, 0.15) is 28.8 Å². The minimum Gasteiger partial charge on any atom is -0.508 e. The van der Waals surface area contributed by atoms with Crippen LogP contribution < -0.4 is 9.47 Å². The zero-order valence-corrected chi connectivity index (χ0v) is 12.7. The molecule has 1 heterocycles. The van der Waals surface area contributed by atoms with E-state index < -0.39 is 0 Å². The number of fused-ring (bicyclic) bond motifs is 1. The van der Waals surface area contributed by atoms with Crippen molar-refractivity contribution in [3.05, 3.63) is 60.2 Å². The van der Waals surface area contributed by atoms with E-state index in [-0.39, 0.29) is 11.5 Å². The summed E-state index contributed by atoms with van der Waals surface area (Å²) < 4.78 is 11.0. The molecule has 0 saturated heterocycles. The van der Waals surface area contributed by atoms with Crippen LogP contribution in [0.5, 0.6) is 17.2 Å². The van der Waals surface area contributed by atoms with Gasteiger partial charge in [0.1, 0.15) is 19.0 Å². The van der Waals surface area contributed by atoms with Crippen molar-refractivity contribution < 1.29 is 19.4 Å². The third kappa shape index (κ3) is 3.54. The molecule has 0 aromatic heterocycles. The highest BCUT2D eigenvalue weighted by Gasteiger charge is 2.15. The lowest BCUT2D eigenvalue weighted by Crippen LogP contribution is -2.15. The molecule has 23 heavy (non-hydrogen) atoms. The van der Waals surface area contributed by atoms with Gasteiger partial charge in [0.15, 0.2) is 17.3 Å². The number of carbonyl (C=O) groups excluding carboxylic acids is 1. The van der Waals surface area contributed by atoms with Gasteiger partial charge in [0.05, 0.1) is 0 Å². The van der Waals surface area contributed by atoms with Gasteiger partial charge in [0, 0.05) is 12.0 Å². The number of phenols is 1. The number of rotatable bonds is 5. The number of ether oxygens (including phenoxy) is 2. The zero-order valence-electron chi connectivity index (χ0n) is 12.7. The number of benzene rings is 2. The Bertz CT molecular complexity index is 732. The minimum absolute atomic E-state index is 0.0434. The van der Waals surface area contributed by atoms with Crippen LogP contribution in [0.25, 0.3) is 5.57 Å². The monoisotopic (exact) mass is 310 g/mol. The zero-order chi connectivity index (χ0) is 16.2. The molecule has 0 fully saturated rings. The lowest BCUT2D eigenvalue weighted by Gasteiger charge is -2.18. The number of hydrogen-bond donors (Lipinski definition) is 1. The first-order valence-corrected chi connectivity index (χ1v) is 7.53. The second-order valence-corrected chi connectivity index (χ2v) is 5.43. The first kappa shape index (κ1) is 15.2. The van der Waals surface area contributed by atoms with Crippen molar-refractivity contribution in [1.82, 2.24) is 0 Å². The Morgan fingerprint density at radius 2 is 1.61 bits per heavy atom. The van der Waals surface area contributed by atoms with Crippen molar-refractivity contribution in [3.63, 3.8) is 0 Å². The molecule has 2 aromatic carbocycles. The van der Waals surface area contributed by atoms with Gasteiger partial charge < -0.3 is 14.6 Å². The fraction of sp³-hybridized carbons (Fsp3) is 0.211. The fourth-order valence-corrected chi connectivity index (χ4v) is 2.47. The molecule has 0 saturated carbocycles. The number of phenolic OH excluding ortho intramolecular Hbond substituents is 1. The highest BCUT2D eigenvalue weighted by Crippen LogP contribution is 2.31. The molecule has 2 aromatic rings. The summed E-state index contributed by atoms with van der Waals surface area (Å²) in [5.74, 6) is 1.57. The van der Waals surface area contributed by atoms with Gasteiger partial charge in [-0.3, -0.25) is 4.79 Å². The van der Waals surface area contributed by atoms with Crippen LogP contribution in [0.2, 0.25) is 0 Å². The van der Waals surface area contributed by atoms with E-state index in [0.717, 1.165) is 11.1 Å². The topological polar surface area (TPSA) is 55.8 Å². The van der Waals surface area contributed by atoms with Crippen molar-refractivity contribution in [2.75, 3.05) is 13.2 Å². The van der Waals surface area contributed by atoms with Crippen molar-refractivity contribution >= 4 is 11.4 Å². The van der Waals surface area contributed by atoms with Crippen LogP contribution >= 0.6 is 0 Å². The number of allylic oxidation sites excluding steroid dienone is 1. The molecule has 1 aliphatic rings. The van der Waals surface area contributed by atoms with E-state index >= 15 is 0 Å². The molecule has 0 aliphatic carbocycles. The van der Waals surface area contributed by atoms with E-state index in [9.17, 15) is 9.90 Å². The standard InChI is InChI=1S/C19H18O4/c1-13(14-3-6-16(20)7-4-14)2-8-17(21)15-5-9-18-19(12-15)23-11-10-22-18/h3-7,9,12,20H,1-2,8,10-11H2. The van der Waals surface area contributed by atoms with E-state index in [1.165, 1.54) is 0 Å². The third-order valence-corrected chi connectivity index (χ3v) is 3.79. The number of aromatic hydroxyl groups is 1. The fourth-order valence-electron chi connectivity index (χ4n) is 2.47. The highest BCUT2D eigenvalue weighted by atomic mass is 16.6. The van der Waals surface area contributed by atoms with Crippen LogP contribution in [0.4, 0.5) is 0 Å². The quantitative estimate of drug-likeness (QED) is 0.853. The van der Waals surface area contributed by atoms with Crippen molar-refractivity contribution in [2.45, 2.75) is 12.8 Å². The molecule has 0 radical (unpaired) electrons. The summed E-state index contributed by atoms with van der Waals surface area (Å²) in [6, 6.07) is 12.1. The van der Waals surface area contributed by atoms with Crippen molar-refractivity contribution in [2.24, 2.45) is 0 Å². The first-order chi connectivity index (χ1) is 11.1. The molecule has 1 aliphatic heterocycles. The van der Waals surface area contributed by atoms with Gasteiger partial charge in [0.25, 0.3) is 0 Å². The first-order valence-electron chi connectivity index (χ1n) is 7.53. The molecule has 4 nitrogen and oxygen atoms in total. The van der Waals surface area contributed by atoms with Gasteiger partial charge in [-0.05, 0) is 47.9 Å². The van der Waals surface area contributed by atoms with Crippen LogP contribution in [0.15, 0.2) is 49.0 Å². The van der Waals surface area contributed by atoms with Crippen LogP contribution in [0.3, 0.4) is 0 Å². The average Bonchev–Trinajstić information content (AvgIpc) is 2.59. The van der Waals surface area contributed by atoms with E-state index in [1.54, 1.807) is 42.5 Å². The summed E-state index contributed by atoms with van der Waals surface area (Å²) in [5, 5.41) is 9.30. The Morgan fingerprint density at radius 3 is 2.35 bits per heavy atom. The normalized spacial score (nSPS) is 12.7. The molecule has 0 bridgehead atoms. The predicted molar refractivity (Wildman–Crippen MR) is 88.1 cm³/mol. The van der Waals surface area contributed by atoms with Crippen molar-refractivity contribution in [1.29, 1.82) is 0 Å². The summed E-state index contributed by atoms with van der Waals surface area (Å²) in [6.45, 7) is 5.05. The number of carbonyl (C=O) groups is 1. The molecule has 4 heteroatoms. The highest BCUT2D eigenvalue weighted by molar-refractivity contribution is 5.97. The van der Waals surface area contributed by atoms with Gasteiger partial charge in [-0.2, -0.15) is 0 Å². The second kappa shape index (κ2) is 6.57. The maximum absolute atomic E-state index is 12.3. The summed E-state index contributed by atoms with van der Waals surface area (Å²) in [4.78, 5) is 12.3. The Kier molecular flexibility index (Phi) is 4.33. The molecular weight excluding hydrogens is 292 g/mol. The van der Waals surface area contributed by atoms with Gasteiger partial charge in [-0.1, -0.05) is 18.7 Å². The second-order valence-electron chi connectivity index (χ2n) is 5.43. The largest absolute Gasteiger partial charge is 0.508 e. The summed E-state index contributed by atoms with van der Waals surface area (Å²) in [6.07, 6.45) is 0.942. The lowest BCUT2D eigenvalue weighted by molar-refractivity contribution is 0.0983. The average molecular weight is 310 g/mol. The molecule has 3 rings (SSSR count). The van der Waals surface area contributed by atoms with Gasteiger partial charge in [-0.15, -0.1) is 0 Å². The Balaban J connectivity index is 1.63. The summed E-state index contributed by atoms with van der Waals surface area (Å²) in [7, 11) is 0. The van der Waals surface area contributed by atoms with Crippen LogP contribution in [-0.4, -0.2) is 24.1 Å². The smallest absolute Gasteiger partial charge is 0.163 e. The maximum Gasteiger partial charge on any atom is 0.163 e. The summed E-state index contributed by atoms with van der Waals surface area (Å²) in [5.41, 5.74) is 2.42. The Labute approximate surface area is 135 Å². The Hall–Kier alpha value is -2.75. The third-order valence-electron chi connectivity index (χ3n) is 3.79. The van der Waals surface area contributed by atoms with E-state index in [2.05, 4.69) is 6.58 Å². The molecule has 118 valence electrons. The van der Waals surface area contributed by atoms with Gasteiger partial charge >= 0.3 is 0 Å². The molecular formula is C19H18O4. The molecule has 0 atom stereocenters. The molecule has 1 N–H and O–H groups in total. The Morgan fingerprint density at radius 1 is 0.957 bits per heavy atom. The number of Topliss-reactive ketones (excluding diaryl/α,β-unsaturated/α-hetero) is 1. The SMILES string of the molecule is C=C(CCC(=O)c1ccc2c(c1)OCCO2)c1ccc(O)cc1. The lowest BCUT2D eigenvalue weighted by atomic mass is 9.98. The van der Waals surface area contributed by atoms with Gasteiger partial charge in [0.2, 0.25) is 0 Å². The number of hydrogen-bond acceptors (Lipinski definition) is 4.